The lowest BCUT2D eigenvalue weighted by atomic mass is 10.6. The van der Waals surface area contributed by atoms with Crippen LogP contribution in [0.5, 0.6) is 0 Å². The maximum Gasteiger partial charge on any atom is 0.0573 e. The Kier molecular flexibility index (Phi) is 3.92. The van der Waals surface area contributed by atoms with Crippen LogP contribution in [0.3, 0.4) is 0 Å². The average molecular weight is 147 g/mol. The maximum atomic E-state index is 5.64. The van der Waals surface area contributed by atoms with Crippen molar-refractivity contribution >= 4 is 20.4 Å². The van der Waals surface area contributed by atoms with Gasteiger partial charge in [0.05, 0.1) is 8.80 Å². The first-order valence-electron chi connectivity index (χ1n) is 2.66. The van der Waals surface area contributed by atoms with Gasteiger partial charge in [-0.15, -0.1) is 0 Å². The van der Waals surface area contributed by atoms with E-state index in [2.05, 4.69) is 25.4 Å². The van der Waals surface area contributed by atoms with E-state index in [1.54, 1.807) is 6.08 Å². The molecule has 0 radical (unpaired) electrons. The van der Waals surface area contributed by atoms with Crippen LogP contribution in [0, 0.1) is 0 Å². The number of rotatable bonds is 2. The third-order valence-electron chi connectivity index (χ3n) is 0.688. The Morgan fingerprint density at radius 2 is 2.12 bits per heavy atom. The van der Waals surface area contributed by atoms with Crippen LogP contribution in [0.15, 0.2) is 23.4 Å². The molecule has 0 nitrogen and oxygen atoms in total. The minimum absolute atomic E-state index is 0.611. The summed E-state index contributed by atoms with van der Waals surface area (Å²) in [4.78, 5) is 0. The molecule has 46 valence electrons. The van der Waals surface area contributed by atoms with Crippen LogP contribution in [0.2, 0.25) is 13.1 Å². The molecule has 0 aromatic heterocycles. The molecule has 2 heteroatoms. The van der Waals surface area contributed by atoms with E-state index in [9.17, 15) is 0 Å². The molecule has 0 unspecified atom stereocenters. The second-order valence-corrected chi connectivity index (χ2v) is 5.26. The van der Waals surface area contributed by atoms with Crippen molar-refractivity contribution in [2.45, 2.75) is 13.1 Å². The number of halogens is 1. The van der Waals surface area contributed by atoms with Gasteiger partial charge in [0.2, 0.25) is 0 Å². The zero-order valence-corrected chi connectivity index (χ0v) is 7.23. The van der Waals surface area contributed by atoms with Crippen molar-refractivity contribution < 1.29 is 0 Å². The molecule has 0 saturated heterocycles. The van der Waals surface area contributed by atoms with Crippen LogP contribution < -0.4 is 0 Å². The highest BCUT2D eigenvalue weighted by Gasteiger charge is 1.88. The van der Waals surface area contributed by atoms with Gasteiger partial charge < -0.3 is 0 Å². The van der Waals surface area contributed by atoms with Gasteiger partial charge in [0, 0.05) is 5.03 Å². The average Bonchev–Trinajstić information content (AvgIpc) is 1.65. The first-order chi connectivity index (χ1) is 3.66. The molecule has 0 aromatic rings. The zero-order chi connectivity index (χ0) is 6.57. The highest BCUT2D eigenvalue weighted by atomic mass is 35.5. The quantitative estimate of drug-likeness (QED) is 0.415. The summed E-state index contributed by atoms with van der Waals surface area (Å²) in [5.41, 5.74) is 2.09. The van der Waals surface area contributed by atoms with Gasteiger partial charge in [-0.3, -0.25) is 0 Å². The molecule has 0 aromatic carbocycles. The molecule has 0 N–H and O–H groups in total. The van der Waals surface area contributed by atoms with E-state index in [0.29, 0.717) is 0 Å². The SMILES string of the molecule is C=CC(Cl)=C[SiH](C)C. The lowest BCUT2D eigenvalue weighted by Crippen LogP contribution is -1.92. The van der Waals surface area contributed by atoms with E-state index in [4.69, 9.17) is 11.6 Å². The van der Waals surface area contributed by atoms with Gasteiger partial charge in [0.25, 0.3) is 0 Å². The minimum Gasteiger partial charge on any atom is -0.0976 e. The summed E-state index contributed by atoms with van der Waals surface area (Å²) in [7, 11) is -0.611. The summed E-state index contributed by atoms with van der Waals surface area (Å²) in [6.07, 6.45) is 1.68. The molecule has 0 fully saturated rings. The third kappa shape index (κ3) is 4.15. The fourth-order valence-electron chi connectivity index (χ4n) is 0.386. The molecule has 0 heterocycles. The van der Waals surface area contributed by atoms with Crippen LogP contribution in [-0.4, -0.2) is 8.80 Å². The first kappa shape index (κ1) is 7.99. The second kappa shape index (κ2) is 3.93. The monoisotopic (exact) mass is 146 g/mol. The van der Waals surface area contributed by atoms with Gasteiger partial charge in [0.15, 0.2) is 0 Å². The van der Waals surface area contributed by atoms with Gasteiger partial charge in [0.1, 0.15) is 0 Å². The van der Waals surface area contributed by atoms with E-state index in [0.717, 1.165) is 5.03 Å². The van der Waals surface area contributed by atoms with Gasteiger partial charge in [-0.25, -0.2) is 0 Å². The number of hydrogen-bond acceptors (Lipinski definition) is 0. The molecule has 0 bridgehead atoms. The van der Waals surface area contributed by atoms with Crippen molar-refractivity contribution in [1.82, 2.24) is 0 Å². The van der Waals surface area contributed by atoms with E-state index in [-0.39, 0.29) is 0 Å². The maximum absolute atomic E-state index is 5.64. The normalized spacial score (nSPS) is 12.2. The molecule has 0 spiro atoms. The molecule has 0 aliphatic heterocycles. The Labute approximate surface area is 57.5 Å². The van der Waals surface area contributed by atoms with Crippen molar-refractivity contribution in [3.8, 4) is 0 Å². The lowest BCUT2D eigenvalue weighted by Gasteiger charge is -1.90. The Balaban J connectivity index is 3.74. The summed E-state index contributed by atoms with van der Waals surface area (Å²) in [5.74, 6) is 0. The zero-order valence-electron chi connectivity index (χ0n) is 5.32. The summed E-state index contributed by atoms with van der Waals surface area (Å²) in [5, 5.41) is 0.798. The van der Waals surface area contributed by atoms with Crippen LogP contribution in [-0.2, 0) is 0 Å². The highest BCUT2D eigenvalue weighted by Crippen LogP contribution is 2.01. The first-order valence-corrected chi connectivity index (χ1v) is 6.02. The van der Waals surface area contributed by atoms with Crippen molar-refractivity contribution in [2.24, 2.45) is 0 Å². The number of allylic oxidation sites excluding steroid dienone is 2. The molecule has 0 aliphatic carbocycles. The number of hydrogen-bond donors (Lipinski definition) is 0. The smallest absolute Gasteiger partial charge is 0.0573 e. The molecular formula is C6H11ClSi. The van der Waals surface area contributed by atoms with Gasteiger partial charge in [-0.05, 0) is 0 Å². The molecule has 0 rings (SSSR count). The van der Waals surface area contributed by atoms with E-state index < -0.39 is 8.80 Å². The van der Waals surface area contributed by atoms with Crippen molar-refractivity contribution in [3.05, 3.63) is 23.4 Å². The largest absolute Gasteiger partial charge is 0.0976 e. The van der Waals surface area contributed by atoms with Crippen molar-refractivity contribution in [1.29, 1.82) is 0 Å². The van der Waals surface area contributed by atoms with E-state index in [1.165, 1.54) is 0 Å². The molecular weight excluding hydrogens is 136 g/mol. The van der Waals surface area contributed by atoms with Crippen LogP contribution >= 0.6 is 11.6 Å². The Morgan fingerprint density at radius 3 is 2.25 bits per heavy atom. The van der Waals surface area contributed by atoms with Gasteiger partial charge in [-0.1, -0.05) is 43.0 Å². The summed E-state index contributed by atoms with van der Waals surface area (Å²) < 4.78 is 0. The molecule has 0 atom stereocenters. The van der Waals surface area contributed by atoms with Crippen LogP contribution in [0.25, 0.3) is 0 Å². The van der Waals surface area contributed by atoms with Gasteiger partial charge in [-0.2, -0.15) is 0 Å². The standard InChI is InChI=1S/C6H11ClSi/c1-4-6(7)5-8(2)3/h4-5,8H,1H2,2-3H3. The van der Waals surface area contributed by atoms with Gasteiger partial charge >= 0.3 is 0 Å². The molecule has 0 amide bonds. The molecule has 8 heavy (non-hydrogen) atoms. The Bertz CT molecular complexity index is 105. The second-order valence-electron chi connectivity index (χ2n) is 2.00. The predicted octanol–water partition coefficient (Wildman–Crippen LogP) is 2.32. The molecule has 0 saturated carbocycles. The highest BCUT2D eigenvalue weighted by molar-refractivity contribution is 6.63. The molecule has 0 aliphatic rings. The summed E-state index contributed by atoms with van der Waals surface area (Å²) in [6.45, 7) is 7.96. The fourth-order valence-corrected chi connectivity index (χ4v) is 1.92. The third-order valence-corrected chi connectivity index (χ3v) is 2.20. The van der Waals surface area contributed by atoms with Crippen molar-refractivity contribution in [3.63, 3.8) is 0 Å². The Morgan fingerprint density at radius 1 is 1.62 bits per heavy atom. The van der Waals surface area contributed by atoms with Crippen LogP contribution in [0.4, 0.5) is 0 Å². The van der Waals surface area contributed by atoms with E-state index >= 15 is 0 Å². The van der Waals surface area contributed by atoms with E-state index in [1.807, 2.05) is 0 Å². The topological polar surface area (TPSA) is 0 Å². The predicted molar refractivity (Wildman–Crippen MR) is 43.0 cm³/mol. The lowest BCUT2D eigenvalue weighted by molar-refractivity contribution is 1.90. The van der Waals surface area contributed by atoms with Crippen LogP contribution in [0.1, 0.15) is 0 Å². The summed E-state index contributed by atoms with van der Waals surface area (Å²) >= 11 is 5.64. The minimum atomic E-state index is -0.611. The fraction of sp³-hybridized carbons (Fsp3) is 0.333. The summed E-state index contributed by atoms with van der Waals surface area (Å²) in [6, 6.07) is 0. The van der Waals surface area contributed by atoms with Crippen molar-refractivity contribution in [2.75, 3.05) is 0 Å². The Hall–Kier alpha value is -0.0131.